The van der Waals surface area contributed by atoms with Crippen LogP contribution in [-0.4, -0.2) is 32.3 Å². The van der Waals surface area contributed by atoms with Crippen molar-refractivity contribution in [3.05, 3.63) is 36.2 Å². The maximum atomic E-state index is 4.70. The van der Waals surface area contributed by atoms with E-state index in [9.17, 15) is 0 Å². The van der Waals surface area contributed by atoms with Crippen LogP contribution in [0.15, 0.2) is 30.5 Å². The standard InChI is InChI=1S/C15H20N4/c1-12(2)18-8-5-9-19-13(11-18)10-15(17-19)14-6-3-4-7-16-14/h3-4,6-7,10,12H,5,8-9,11H2,1-2H3. The van der Waals surface area contributed by atoms with Crippen LogP contribution in [0.25, 0.3) is 11.4 Å². The first-order valence-corrected chi connectivity index (χ1v) is 6.96. The highest BCUT2D eigenvalue weighted by Gasteiger charge is 2.18. The van der Waals surface area contributed by atoms with Crippen LogP contribution in [-0.2, 0) is 13.1 Å². The van der Waals surface area contributed by atoms with Crippen molar-refractivity contribution in [3.8, 4) is 11.4 Å². The molecule has 2 aromatic heterocycles. The van der Waals surface area contributed by atoms with Gasteiger partial charge in [0.15, 0.2) is 0 Å². The Kier molecular flexibility index (Phi) is 3.34. The van der Waals surface area contributed by atoms with Gasteiger partial charge >= 0.3 is 0 Å². The molecule has 0 N–H and O–H groups in total. The Morgan fingerprint density at radius 2 is 2.05 bits per heavy atom. The zero-order valence-electron chi connectivity index (χ0n) is 11.6. The summed E-state index contributed by atoms with van der Waals surface area (Å²) in [5.41, 5.74) is 3.24. The van der Waals surface area contributed by atoms with Crippen LogP contribution in [0.2, 0.25) is 0 Å². The summed E-state index contributed by atoms with van der Waals surface area (Å²) in [5.74, 6) is 0. The quantitative estimate of drug-likeness (QED) is 0.828. The fourth-order valence-electron chi connectivity index (χ4n) is 2.57. The first-order valence-electron chi connectivity index (χ1n) is 6.96. The lowest BCUT2D eigenvalue weighted by atomic mass is 10.2. The van der Waals surface area contributed by atoms with Crippen molar-refractivity contribution in [1.29, 1.82) is 0 Å². The molecule has 0 saturated carbocycles. The van der Waals surface area contributed by atoms with Gasteiger partial charge in [-0.05, 0) is 38.5 Å². The van der Waals surface area contributed by atoms with Crippen LogP contribution >= 0.6 is 0 Å². The Balaban J connectivity index is 1.91. The molecular weight excluding hydrogens is 236 g/mol. The molecule has 0 aliphatic carbocycles. The molecule has 4 nitrogen and oxygen atoms in total. The average molecular weight is 256 g/mol. The molecule has 0 atom stereocenters. The summed E-state index contributed by atoms with van der Waals surface area (Å²) in [6.45, 7) is 7.65. The fraction of sp³-hybridized carbons (Fsp3) is 0.467. The van der Waals surface area contributed by atoms with Crippen molar-refractivity contribution >= 4 is 0 Å². The summed E-state index contributed by atoms with van der Waals surface area (Å²) in [6.07, 6.45) is 2.98. The predicted molar refractivity (Wildman–Crippen MR) is 75.6 cm³/mol. The number of rotatable bonds is 2. The number of fused-ring (bicyclic) bond motifs is 1. The van der Waals surface area contributed by atoms with E-state index in [1.165, 1.54) is 5.69 Å². The minimum Gasteiger partial charge on any atom is -0.295 e. The smallest absolute Gasteiger partial charge is 0.111 e. The van der Waals surface area contributed by atoms with Crippen LogP contribution in [0.5, 0.6) is 0 Å². The van der Waals surface area contributed by atoms with Gasteiger partial charge in [-0.1, -0.05) is 6.07 Å². The topological polar surface area (TPSA) is 34.0 Å². The number of aryl methyl sites for hydroxylation is 1. The van der Waals surface area contributed by atoms with Gasteiger partial charge in [-0.15, -0.1) is 0 Å². The van der Waals surface area contributed by atoms with Crippen molar-refractivity contribution in [3.63, 3.8) is 0 Å². The lowest BCUT2D eigenvalue weighted by Gasteiger charge is -2.23. The van der Waals surface area contributed by atoms with Gasteiger partial charge in [0, 0.05) is 31.9 Å². The molecule has 3 heterocycles. The van der Waals surface area contributed by atoms with Crippen LogP contribution in [0, 0.1) is 0 Å². The van der Waals surface area contributed by atoms with Crippen LogP contribution in [0.4, 0.5) is 0 Å². The number of nitrogens with zero attached hydrogens (tertiary/aromatic N) is 4. The van der Waals surface area contributed by atoms with Gasteiger partial charge < -0.3 is 0 Å². The summed E-state index contributed by atoms with van der Waals surface area (Å²) < 4.78 is 2.15. The Hall–Kier alpha value is -1.68. The molecule has 1 aliphatic rings. The zero-order chi connectivity index (χ0) is 13.2. The zero-order valence-corrected chi connectivity index (χ0v) is 11.6. The first kappa shape index (κ1) is 12.4. The molecule has 1 aliphatic heterocycles. The average Bonchev–Trinajstić information content (AvgIpc) is 2.71. The molecule has 0 spiro atoms. The van der Waals surface area contributed by atoms with E-state index in [-0.39, 0.29) is 0 Å². The SMILES string of the molecule is CC(C)N1CCCn2nc(-c3ccccn3)cc2C1. The van der Waals surface area contributed by atoms with Crippen LogP contribution in [0.1, 0.15) is 26.0 Å². The predicted octanol–water partition coefficient (Wildman–Crippen LogP) is 2.56. The summed E-state index contributed by atoms with van der Waals surface area (Å²) in [7, 11) is 0. The molecule has 0 fully saturated rings. The summed E-state index contributed by atoms with van der Waals surface area (Å²) in [6, 6.07) is 8.73. The van der Waals surface area contributed by atoms with Gasteiger partial charge in [-0.2, -0.15) is 5.10 Å². The fourth-order valence-corrected chi connectivity index (χ4v) is 2.57. The molecule has 19 heavy (non-hydrogen) atoms. The van der Waals surface area contributed by atoms with E-state index in [0.29, 0.717) is 6.04 Å². The molecule has 100 valence electrons. The Bertz CT molecular complexity index is 545. The number of hydrogen-bond donors (Lipinski definition) is 0. The van der Waals surface area contributed by atoms with Crippen molar-refractivity contribution < 1.29 is 0 Å². The molecule has 2 aromatic rings. The Morgan fingerprint density at radius 3 is 2.79 bits per heavy atom. The second kappa shape index (κ2) is 5.13. The highest BCUT2D eigenvalue weighted by atomic mass is 15.3. The third-order valence-electron chi connectivity index (χ3n) is 3.70. The molecule has 0 bridgehead atoms. The second-order valence-electron chi connectivity index (χ2n) is 5.38. The van der Waals surface area contributed by atoms with E-state index in [1.807, 2.05) is 24.4 Å². The van der Waals surface area contributed by atoms with E-state index in [4.69, 9.17) is 5.10 Å². The molecule has 0 amide bonds. The van der Waals surface area contributed by atoms with Crippen LogP contribution < -0.4 is 0 Å². The van der Waals surface area contributed by atoms with Crippen molar-refractivity contribution in [2.75, 3.05) is 6.54 Å². The van der Waals surface area contributed by atoms with E-state index >= 15 is 0 Å². The lowest BCUT2D eigenvalue weighted by molar-refractivity contribution is 0.216. The normalized spacial score (nSPS) is 16.4. The summed E-state index contributed by atoms with van der Waals surface area (Å²) in [4.78, 5) is 6.88. The largest absolute Gasteiger partial charge is 0.295 e. The van der Waals surface area contributed by atoms with E-state index in [2.05, 4.69) is 34.5 Å². The van der Waals surface area contributed by atoms with E-state index in [0.717, 1.165) is 37.4 Å². The van der Waals surface area contributed by atoms with Crippen LogP contribution in [0.3, 0.4) is 0 Å². The molecule has 0 saturated heterocycles. The van der Waals surface area contributed by atoms with E-state index in [1.54, 1.807) is 0 Å². The molecule has 4 heteroatoms. The highest BCUT2D eigenvalue weighted by molar-refractivity contribution is 5.53. The maximum absolute atomic E-state index is 4.70. The van der Waals surface area contributed by atoms with Crippen molar-refractivity contribution in [1.82, 2.24) is 19.7 Å². The minimum atomic E-state index is 0.583. The summed E-state index contributed by atoms with van der Waals surface area (Å²) in [5, 5.41) is 4.70. The Morgan fingerprint density at radius 1 is 1.16 bits per heavy atom. The van der Waals surface area contributed by atoms with E-state index < -0.39 is 0 Å². The second-order valence-corrected chi connectivity index (χ2v) is 5.38. The maximum Gasteiger partial charge on any atom is 0.111 e. The number of aromatic nitrogens is 3. The van der Waals surface area contributed by atoms with Gasteiger partial charge in [-0.25, -0.2) is 0 Å². The summed E-state index contributed by atoms with van der Waals surface area (Å²) >= 11 is 0. The molecular formula is C15H20N4. The van der Waals surface area contributed by atoms with Crippen molar-refractivity contribution in [2.24, 2.45) is 0 Å². The lowest BCUT2D eigenvalue weighted by Crippen LogP contribution is -2.30. The van der Waals surface area contributed by atoms with Gasteiger partial charge in [0.05, 0.1) is 11.4 Å². The van der Waals surface area contributed by atoms with Gasteiger partial charge in [-0.3, -0.25) is 14.6 Å². The van der Waals surface area contributed by atoms with Gasteiger partial charge in [0.2, 0.25) is 0 Å². The number of pyridine rings is 1. The number of hydrogen-bond acceptors (Lipinski definition) is 3. The molecule has 0 unspecified atom stereocenters. The van der Waals surface area contributed by atoms with Gasteiger partial charge in [0.1, 0.15) is 5.69 Å². The van der Waals surface area contributed by atoms with Crippen molar-refractivity contribution in [2.45, 2.75) is 39.4 Å². The Labute approximate surface area is 114 Å². The molecule has 0 radical (unpaired) electrons. The monoisotopic (exact) mass is 256 g/mol. The first-order chi connectivity index (χ1) is 9.24. The highest BCUT2D eigenvalue weighted by Crippen LogP contribution is 2.21. The van der Waals surface area contributed by atoms with Gasteiger partial charge in [0.25, 0.3) is 0 Å². The molecule has 0 aromatic carbocycles. The minimum absolute atomic E-state index is 0.583. The third-order valence-corrected chi connectivity index (χ3v) is 3.70. The third kappa shape index (κ3) is 2.54. The molecule has 3 rings (SSSR count).